The Hall–Kier alpha value is -2.32. The number of ether oxygens (including phenoxy) is 1. The molecule has 2 fully saturated rings. The van der Waals surface area contributed by atoms with Crippen molar-refractivity contribution in [2.75, 3.05) is 19.6 Å². The standard InChI is InChI=1S/C16H25N3O6/c1-15(2,3)25-14(24)18-6-4-16(5-7-18,13(22)23)19-9-10(12(17)21)8-11(19)20/h10H,4-9H2,1-3H3,(H2,17,21)(H,22,23). The highest BCUT2D eigenvalue weighted by molar-refractivity contribution is 5.93. The van der Waals surface area contributed by atoms with Crippen LogP contribution >= 0.6 is 0 Å². The smallest absolute Gasteiger partial charge is 0.410 e. The number of nitrogens with two attached hydrogens (primary N) is 1. The minimum atomic E-state index is -1.42. The van der Waals surface area contributed by atoms with Crippen molar-refractivity contribution in [2.24, 2.45) is 11.7 Å². The minimum Gasteiger partial charge on any atom is -0.479 e. The van der Waals surface area contributed by atoms with E-state index in [-0.39, 0.29) is 38.9 Å². The summed E-state index contributed by atoms with van der Waals surface area (Å²) < 4.78 is 5.30. The Kier molecular flexibility index (Phi) is 4.97. The Balaban J connectivity index is 2.11. The van der Waals surface area contributed by atoms with Crippen LogP contribution in [0.2, 0.25) is 0 Å². The van der Waals surface area contributed by atoms with Gasteiger partial charge in [0.15, 0.2) is 0 Å². The van der Waals surface area contributed by atoms with Gasteiger partial charge in [0.05, 0.1) is 5.92 Å². The van der Waals surface area contributed by atoms with Crippen molar-refractivity contribution in [1.29, 1.82) is 0 Å². The number of piperidine rings is 1. The molecule has 3 amide bonds. The van der Waals surface area contributed by atoms with Crippen LogP contribution in [0.15, 0.2) is 0 Å². The second-order valence-corrected chi connectivity index (χ2v) is 7.61. The number of carboxylic acids is 1. The third-order valence-corrected chi connectivity index (χ3v) is 4.68. The van der Waals surface area contributed by atoms with Crippen molar-refractivity contribution in [3.05, 3.63) is 0 Å². The summed E-state index contributed by atoms with van der Waals surface area (Å²) in [5, 5.41) is 9.76. The van der Waals surface area contributed by atoms with Crippen LogP contribution < -0.4 is 5.73 Å². The number of carbonyl (C=O) groups is 4. The largest absolute Gasteiger partial charge is 0.479 e. The quantitative estimate of drug-likeness (QED) is 0.742. The number of nitrogens with zero attached hydrogens (tertiary/aromatic N) is 2. The van der Waals surface area contributed by atoms with Gasteiger partial charge in [0, 0.05) is 26.1 Å². The van der Waals surface area contributed by atoms with Gasteiger partial charge in [-0.1, -0.05) is 0 Å². The molecule has 9 heteroatoms. The number of amides is 3. The highest BCUT2D eigenvalue weighted by atomic mass is 16.6. The predicted molar refractivity (Wildman–Crippen MR) is 86.4 cm³/mol. The molecular weight excluding hydrogens is 330 g/mol. The molecule has 25 heavy (non-hydrogen) atoms. The number of hydrogen-bond acceptors (Lipinski definition) is 5. The normalized spacial score (nSPS) is 23.5. The number of primary amides is 1. The Morgan fingerprint density at radius 2 is 1.80 bits per heavy atom. The lowest BCUT2D eigenvalue weighted by atomic mass is 9.85. The molecule has 9 nitrogen and oxygen atoms in total. The third kappa shape index (κ3) is 3.85. The van der Waals surface area contributed by atoms with E-state index < -0.39 is 40.9 Å². The maximum atomic E-state index is 12.3. The van der Waals surface area contributed by atoms with Gasteiger partial charge >= 0.3 is 12.1 Å². The molecule has 3 N–H and O–H groups in total. The second kappa shape index (κ2) is 6.53. The lowest BCUT2D eigenvalue weighted by Crippen LogP contribution is -2.61. The van der Waals surface area contributed by atoms with Gasteiger partial charge in [-0.25, -0.2) is 9.59 Å². The first-order valence-corrected chi connectivity index (χ1v) is 8.27. The summed E-state index contributed by atoms with van der Waals surface area (Å²) >= 11 is 0. The lowest BCUT2D eigenvalue weighted by Gasteiger charge is -2.44. The van der Waals surface area contributed by atoms with Crippen LogP contribution in [0.5, 0.6) is 0 Å². The highest BCUT2D eigenvalue weighted by Gasteiger charge is 2.53. The fraction of sp³-hybridized carbons (Fsp3) is 0.750. The van der Waals surface area contributed by atoms with Crippen molar-refractivity contribution in [1.82, 2.24) is 9.80 Å². The van der Waals surface area contributed by atoms with Crippen LogP contribution in [0.1, 0.15) is 40.0 Å². The van der Waals surface area contributed by atoms with Crippen molar-refractivity contribution in [2.45, 2.75) is 51.2 Å². The van der Waals surface area contributed by atoms with E-state index >= 15 is 0 Å². The Morgan fingerprint density at radius 1 is 1.24 bits per heavy atom. The van der Waals surface area contributed by atoms with E-state index in [0.717, 1.165) is 0 Å². The van der Waals surface area contributed by atoms with Crippen molar-refractivity contribution in [3.63, 3.8) is 0 Å². The third-order valence-electron chi connectivity index (χ3n) is 4.68. The molecule has 0 aromatic carbocycles. The minimum absolute atomic E-state index is 0.00685. The van der Waals surface area contributed by atoms with E-state index in [2.05, 4.69) is 0 Å². The van der Waals surface area contributed by atoms with Gasteiger partial charge < -0.3 is 25.4 Å². The van der Waals surface area contributed by atoms with Gasteiger partial charge in [0.1, 0.15) is 11.1 Å². The first-order valence-electron chi connectivity index (χ1n) is 8.27. The van der Waals surface area contributed by atoms with E-state index in [1.54, 1.807) is 20.8 Å². The zero-order valence-electron chi connectivity index (χ0n) is 14.8. The molecule has 0 spiro atoms. The number of likely N-dealkylation sites (tertiary alicyclic amines) is 2. The molecule has 1 unspecified atom stereocenters. The van der Waals surface area contributed by atoms with E-state index in [0.29, 0.717) is 0 Å². The van der Waals surface area contributed by atoms with E-state index in [1.807, 2.05) is 0 Å². The molecule has 0 aromatic rings. The maximum Gasteiger partial charge on any atom is 0.410 e. The average Bonchev–Trinajstić information content (AvgIpc) is 2.88. The van der Waals surface area contributed by atoms with Crippen molar-refractivity contribution >= 4 is 23.9 Å². The Bertz CT molecular complexity index is 589. The first kappa shape index (κ1) is 19.0. The zero-order chi connectivity index (χ0) is 19.0. The number of carboxylic acid groups (broad SMARTS) is 1. The molecule has 1 atom stereocenters. The number of rotatable bonds is 3. The van der Waals surface area contributed by atoms with Gasteiger partial charge in [-0.05, 0) is 33.6 Å². The molecule has 2 aliphatic rings. The summed E-state index contributed by atoms with van der Waals surface area (Å²) in [4.78, 5) is 50.4. The van der Waals surface area contributed by atoms with Gasteiger partial charge in [0.2, 0.25) is 11.8 Å². The van der Waals surface area contributed by atoms with E-state index in [1.165, 1.54) is 9.80 Å². The number of carbonyl (C=O) groups excluding carboxylic acids is 3. The van der Waals surface area contributed by atoms with Crippen LogP contribution in [0.25, 0.3) is 0 Å². The summed E-state index contributed by atoms with van der Waals surface area (Å²) in [5.74, 6) is -2.80. The average molecular weight is 355 g/mol. The van der Waals surface area contributed by atoms with Gasteiger partial charge in [-0.2, -0.15) is 0 Å². The molecule has 140 valence electrons. The number of aliphatic carboxylic acids is 1. The molecular formula is C16H25N3O6. The first-order chi connectivity index (χ1) is 11.5. The molecule has 0 aromatic heterocycles. The maximum absolute atomic E-state index is 12.3. The predicted octanol–water partition coefficient (Wildman–Crippen LogP) is 0.175. The van der Waals surface area contributed by atoms with Crippen LogP contribution in [0, 0.1) is 5.92 Å². The highest BCUT2D eigenvalue weighted by Crippen LogP contribution is 2.35. The van der Waals surface area contributed by atoms with Crippen LogP contribution in [-0.4, -0.2) is 69.6 Å². The summed E-state index contributed by atoms with van der Waals surface area (Å²) in [6.07, 6.45) is -0.410. The summed E-state index contributed by atoms with van der Waals surface area (Å²) in [5.41, 5.74) is 3.20. The Labute approximate surface area is 146 Å². The Morgan fingerprint density at radius 3 is 2.20 bits per heavy atom. The lowest BCUT2D eigenvalue weighted by molar-refractivity contribution is -0.160. The molecule has 2 aliphatic heterocycles. The van der Waals surface area contributed by atoms with Crippen molar-refractivity contribution < 1.29 is 29.0 Å². The van der Waals surface area contributed by atoms with E-state index in [9.17, 15) is 24.3 Å². The topological polar surface area (TPSA) is 130 Å². The number of hydrogen-bond donors (Lipinski definition) is 2. The van der Waals surface area contributed by atoms with Crippen LogP contribution in [-0.2, 0) is 19.1 Å². The molecule has 0 radical (unpaired) electrons. The second-order valence-electron chi connectivity index (χ2n) is 7.61. The van der Waals surface area contributed by atoms with Gasteiger partial charge in [0.25, 0.3) is 0 Å². The summed E-state index contributed by atoms with van der Waals surface area (Å²) in [6, 6.07) is 0. The molecule has 0 aliphatic carbocycles. The molecule has 0 bridgehead atoms. The summed E-state index contributed by atoms with van der Waals surface area (Å²) in [6.45, 7) is 5.58. The molecule has 0 saturated carbocycles. The van der Waals surface area contributed by atoms with Gasteiger partial charge in [-0.15, -0.1) is 0 Å². The van der Waals surface area contributed by atoms with Crippen molar-refractivity contribution in [3.8, 4) is 0 Å². The SMILES string of the molecule is CC(C)(C)OC(=O)N1CCC(C(=O)O)(N2CC(C(N)=O)CC2=O)CC1. The molecule has 2 heterocycles. The molecule has 2 rings (SSSR count). The monoisotopic (exact) mass is 355 g/mol. The van der Waals surface area contributed by atoms with Crippen LogP contribution in [0.3, 0.4) is 0 Å². The zero-order valence-corrected chi connectivity index (χ0v) is 14.8. The molecule has 2 saturated heterocycles. The summed E-state index contributed by atoms with van der Waals surface area (Å²) in [7, 11) is 0. The fourth-order valence-electron chi connectivity index (χ4n) is 3.30. The van der Waals surface area contributed by atoms with Gasteiger partial charge in [-0.3, -0.25) is 9.59 Å². The fourth-order valence-corrected chi connectivity index (χ4v) is 3.30. The van der Waals surface area contributed by atoms with E-state index in [4.69, 9.17) is 10.5 Å². The van der Waals surface area contributed by atoms with Crippen LogP contribution in [0.4, 0.5) is 4.79 Å².